The molecule has 2 nitrogen and oxygen atoms in total. The normalized spacial score (nSPS) is 47.9. The monoisotopic (exact) mass is 302 g/mol. The number of rotatable bonds is 2. The topological polar surface area (TPSA) is 37.3 Å². The second kappa shape index (κ2) is 4.97. The number of hydrogen-bond donors (Lipinski definition) is 1. The number of aliphatic carboxylic acids is 1. The van der Waals surface area contributed by atoms with Crippen molar-refractivity contribution in [3.05, 3.63) is 24.3 Å². The van der Waals surface area contributed by atoms with E-state index >= 15 is 0 Å². The van der Waals surface area contributed by atoms with Crippen LogP contribution in [0.15, 0.2) is 24.3 Å². The van der Waals surface area contributed by atoms with E-state index in [2.05, 4.69) is 32.6 Å². The van der Waals surface area contributed by atoms with Crippen molar-refractivity contribution in [1.29, 1.82) is 0 Å². The maximum Gasteiger partial charge on any atom is 0.309 e. The highest BCUT2D eigenvalue weighted by atomic mass is 16.4. The molecular weight excluding hydrogens is 272 g/mol. The number of fused-ring (bicyclic) bond motifs is 3. The van der Waals surface area contributed by atoms with Crippen LogP contribution in [0.2, 0.25) is 0 Å². The van der Waals surface area contributed by atoms with E-state index in [0.717, 1.165) is 25.7 Å². The number of hydrogen-bond acceptors (Lipinski definition) is 1. The molecule has 2 saturated carbocycles. The third kappa shape index (κ3) is 2.10. The molecule has 0 saturated heterocycles. The summed E-state index contributed by atoms with van der Waals surface area (Å²) in [7, 11) is 0. The molecule has 0 amide bonds. The molecule has 1 N–H and O–H groups in total. The highest BCUT2D eigenvalue weighted by molar-refractivity contribution is 5.75. The van der Waals surface area contributed by atoms with Crippen LogP contribution < -0.4 is 0 Å². The zero-order valence-corrected chi connectivity index (χ0v) is 14.3. The van der Waals surface area contributed by atoms with Crippen molar-refractivity contribution < 1.29 is 9.90 Å². The van der Waals surface area contributed by atoms with Crippen LogP contribution in [0.4, 0.5) is 0 Å². The van der Waals surface area contributed by atoms with Gasteiger partial charge in [-0.3, -0.25) is 4.79 Å². The summed E-state index contributed by atoms with van der Waals surface area (Å²) < 4.78 is 0. The van der Waals surface area contributed by atoms with Gasteiger partial charge in [0.05, 0.1) is 5.41 Å². The van der Waals surface area contributed by atoms with Crippen LogP contribution in [0, 0.1) is 28.1 Å². The smallest absolute Gasteiger partial charge is 0.309 e. The maximum atomic E-state index is 11.9. The first kappa shape index (κ1) is 15.8. The van der Waals surface area contributed by atoms with E-state index in [1.54, 1.807) is 5.57 Å². The van der Waals surface area contributed by atoms with Gasteiger partial charge in [-0.05, 0) is 68.1 Å². The van der Waals surface area contributed by atoms with Crippen molar-refractivity contribution in [3.63, 3.8) is 0 Å². The van der Waals surface area contributed by atoms with Gasteiger partial charge in [-0.2, -0.15) is 0 Å². The number of carboxylic acids is 1. The van der Waals surface area contributed by atoms with E-state index in [-0.39, 0.29) is 16.7 Å². The third-order valence-corrected chi connectivity index (χ3v) is 7.43. The average Bonchev–Trinajstić information content (AvgIpc) is 2.46. The van der Waals surface area contributed by atoms with E-state index in [1.807, 2.05) is 6.92 Å². The van der Waals surface area contributed by atoms with Gasteiger partial charge in [0.25, 0.3) is 0 Å². The van der Waals surface area contributed by atoms with Crippen LogP contribution in [0.1, 0.15) is 65.7 Å². The Balaban J connectivity index is 1.98. The Bertz CT molecular complexity index is 534. The Morgan fingerprint density at radius 2 is 2.05 bits per heavy atom. The summed E-state index contributed by atoms with van der Waals surface area (Å²) in [6, 6.07) is 0. The fourth-order valence-corrected chi connectivity index (χ4v) is 5.86. The predicted octanol–water partition coefficient (Wildman–Crippen LogP) is 5.21. The van der Waals surface area contributed by atoms with Gasteiger partial charge in [0, 0.05) is 0 Å². The largest absolute Gasteiger partial charge is 0.481 e. The molecule has 2 heteroatoms. The molecule has 122 valence electrons. The second-order valence-corrected chi connectivity index (χ2v) is 8.78. The standard InChI is InChI=1S/C20H30O2/c1-5-18(2)12-9-15-14(13-18)7-8-16-19(15,3)10-6-11-20(16,4)17(21)22/h5,7,15-16H,1,6,8-13H2,2-4H3,(H,21,22)/t15?,16?,18?,19-,20-/m1/s1. The minimum absolute atomic E-state index is 0.165. The fraction of sp³-hybridized carbons (Fsp3) is 0.750. The van der Waals surface area contributed by atoms with Crippen LogP contribution in [0.3, 0.4) is 0 Å². The Kier molecular flexibility index (Phi) is 3.58. The van der Waals surface area contributed by atoms with Gasteiger partial charge < -0.3 is 5.11 Å². The second-order valence-electron chi connectivity index (χ2n) is 8.78. The fourth-order valence-electron chi connectivity index (χ4n) is 5.86. The van der Waals surface area contributed by atoms with Crippen LogP contribution in [0.25, 0.3) is 0 Å². The lowest BCUT2D eigenvalue weighted by molar-refractivity contribution is -0.163. The lowest BCUT2D eigenvalue weighted by atomic mass is 9.45. The van der Waals surface area contributed by atoms with Crippen molar-refractivity contribution in [1.82, 2.24) is 0 Å². The molecule has 0 radical (unpaired) electrons. The zero-order chi connectivity index (χ0) is 16.2. The van der Waals surface area contributed by atoms with E-state index in [9.17, 15) is 9.90 Å². The molecule has 0 heterocycles. The lowest BCUT2D eigenvalue weighted by Crippen LogP contribution is -2.53. The first-order chi connectivity index (χ1) is 10.3. The Hall–Kier alpha value is -1.05. The first-order valence-corrected chi connectivity index (χ1v) is 8.81. The zero-order valence-electron chi connectivity index (χ0n) is 14.3. The number of allylic oxidation sites excluding steroid dienone is 3. The summed E-state index contributed by atoms with van der Waals surface area (Å²) in [6.45, 7) is 10.7. The molecule has 0 aliphatic heterocycles. The van der Waals surface area contributed by atoms with E-state index in [4.69, 9.17) is 0 Å². The molecular formula is C20H30O2. The average molecular weight is 302 g/mol. The van der Waals surface area contributed by atoms with Crippen LogP contribution in [0.5, 0.6) is 0 Å². The van der Waals surface area contributed by atoms with Gasteiger partial charge >= 0.3 is 5.97 Å². The van der Waals surface area contributed by atoms with Crippen LogP contribution in [-0.4, -0.2) is 11.1 Å². The Morgan fingerprint density at radius 1 is 1.32 bits per heavy atom. The quantitative estimate of drug-likeness (QED) is 0.711. The van der Waals surface area contributed by atoms with Crippen molar-refractivity contribution in [2.45, 2.75) is 65.7 Å². The molecule has 2 fully saturated rings. The summed E-state index contributed by atoms with van der Waals surface area (Å²) in [5.41, 5.74) is 1.43. The van der Waals surface area contributed by atoms with Gasteiger partial charge in [-0.15, -0.1) is 6.58 Å². The van der Waals surface area contributed by atoms with E-state index in [0.29, 0.717) is 5.92 Å². The molecule has 3 rings (SSSR count). The molecule has 0 bridgehead atoms. The molecule has 0 aromatic rings. The van der Waals surface area contributed by atoms with Gasteiger partial charge in [-0.1, -0.05) is 38.0 Å². The van der Waals surface area contributed by atoms with Gasteiger partial charge in [-0.25, -0.2) is 0 Å². The maximum absolute atomic E-state index is 11.9. The van der Waals surface area contributed by atoms with E-state index in [1.165, 1.54) is 19.3 Å². The molecule has 22 heavy (non-hydrogen) atoms. The molecule has 3 aliphatic rings. The van der Waals surface area contributed by atoms with Gasteiger partial charge in [0.2, 0.25) is 0 Å². The molecule has 0 spiro atoms. The van der Waals surface area contributed by atoms with Gasteiger partial charge in [0.15, 0.2) is 0 Å². The van der Waals surface area contributed by atoms with Crippen molar-refractivity contribution in [2.75, 3.05) is 0 Å². The third-order valence-electron chi connectivity index (χ3n) is 7.43. The molecule has 5 atom stereocenters. The SMILES string of the molecule is C=CC1(C)CCC2C(=CCC3[C@]2(C)CCC[C@@]3(C)C(=O)O)C1. The Labute approximate surface area is 134 Å². The highest BCUT2D eigenvalue weighted by Gasteiger charge is 2.58. The summed E-state index contributed by atoms with van der Waals surface area (Å²) in [4.78, 5) is 11.9. The summed E-state index contributed by atoms with van der Waals surface area (Å²) in [5, 5.41) is 9.83. The van der Waals surface area contributed by atoms with Crippen molar-refractivity contribution >= 4 is 5.97 Å². The summed E-state index contributed by atoms with van der Waals surface area (Å²) >= 11 is 0. The minimum Gasteiger partial charge on any atom is -0.481 e. The minimum atomic E-state index is -0.591. The van der Waals surface area contributed by atoms with Crippen LogP contribution in [-0.2, 0) is 4.79 Å². The lowest BCUT2D eigenvalue weighted by Gasteiger charge is -2.58. The van der Waals surface area contributed by atoms with Crippen LogP contribution >= 0.6 is 0 Å². The number of carbonyl (C=O) groups is 1. The van der Waals surface area contributed by atoms with E-state index < -0.39 is 11.4 Å². The number of carboxylic acid groups (broad SMARTS) is 1. The van der Waals surface area contributed by atoms with Gasteiger partial charge in [0.1, 0.15) is 0 Å². The molecule has 0 aromatic carbocycles. The highest BCUT2D eigenvalue weighted by Crippen LogP contribution is 2.63. The molecule has 3 aliphatic carbocycles. The predicted molar refractivity (Wildman–Crippen MR) is 89.5 cm³/mol. The Morgan fingerprint density at radius 3 is 2.68 bits per heavy atom. The summed E-state index contributed by atoms with van der Waals surface area (Å²) in [6.07, 6.45) is 12.0. The molecule has 0 aromatic heterocycles. The van der Waals surface area contributed by atoms with Crippen molar-refractivity contribution in [2.24, 2.45) is 28.1 Å². The van der Waals surface area contributed by atoms with Crippen molar-refractivity contribution in [3.8, 4) is 0 Å². The molecule has 3 unspecified atom stereocenters. The first-order valence-electron chi connectivity index (χ1n) is 8.81. The summed E-state index contributed by atoms with van der Waals surface area (Å²) in [5.74, 6) is 0.276.